The predicted octanol–water partition coefficient (Wildman–Crippen LogP) is -1.32. The molecule has 0 unspecified atom stereocenters. The van der Waals surface area contributed by atoms with Gasteiger partial charge in [0.2, 0.25) is 6.29 Å². The average Bonchev–Trinajstić information content (AvgIpc) is 3.81. The second-order valence-corrected chi connectivity index (χ2v) is 13.4. The van der Waals surface area contributed by atoms with E-state index in [1.54, 1.807) is 37.3 Å². The first kappa shape index (κ1) is 39.0. The van der Waals surface area contributed by atoms with E-state index in [9.17, 15) is 39.9 Å². The number of carbonyl (C=O) groups is 3. The summed E-state index contributed by atoms with van der Waals surface area (Å²) in [6, 6.07) is 6.90. The van der Waals surface area contributed by atoms with E-state index in [2.05, 4.69) is 0 Å². The minimum atomic E-state index is -1.73. The lowest BCUT2D eigenvalue weighted by atomic mass is 9.85. The lowest BCUT2D eigenvalue weighted by molar-refractivity contribution is -0.347. The molecule has 6 rings (SSSR count). The van der Waals surface area contributed by atoms with E-state index in [4.69, 9.17) is 47.4 Å². The zero-order valence-electron chi connectivity index (χ0n) is 29.2. The number of epoxide rings is 1. The summed E-state index contributed by atoms with van der Waals surface area (Å²) in [6.07, 6.45) is -11.6. The van der Waals surface area contributed by atoms with Gasteiger partial charge in [0.25, 0.3) is 0 Å². The topological polar surface area (TPSA) is 248 Å². The number of benzene rings is 1. The molecular formula is C35H44O18. The molecule has 0 amide bonds. The largest absolute Gasteiger partial charge is 0.497 e. The number of methoxy groups -OCH3 is 1. The quantitative estimate of drug-likeness (QED) is 0.0719. The monoisotopic (exact) mass is 752 g/mol. The van der Waals surface area contributed by atoms with Crippen LogP contribution in [0.25, 0.3) is 6.08 Å². The van der Waals surface area contributed by atoms with Gasteiger partial charge < -0.3 is 72.9 Å². The Bertz CT molecular complexity index is 1530. The van der Waals surface area contributed by atoms with E-state index in [0.717, 1.165) is 13.8 Å². The molecule has 1 aromatic rings. The summed E-state index contributed by atoms with van der Waals surface area (Å²) in [7, 11) is 1.53. The van der Waals surface area contributed by atoms with Gasteiger partial charge in [0.05, 0.1) is 44.7 Å². The normalized spacial score (nSPS) is 41.5. The molecule has 1 saturated carbocycles. The van der Waals surface area contributed by atoms with Crippen molar-refractivity contribution < 1.29 is 87.3 Å². The van der Waals surface area contributed by atoms with Crippen LogP contribution in [-0.4, -0.2) is 149 Å². The van der Waals surface area contributed by atoms with Crippen LogP contribution in [0.5, 0.6) is 5.75 Å². The summed E-state index contributed by atoms with van der Waals surface area (Å²) in [5.74, 6) is -3.13. The molecule has 292 valence electrons. The van der Waals surface area contributed by atoms with Gasteiger partial charge in [-0.15, -0.1) is 0 Å². The summed E-state index contributed by atoms with van der Waals surface area (Å²) in [5, 5.41) is 51.2. The number of carbonyl (C=O) groups excluding carboxylic acids is 3. The number of hydrogen-bond acceptors (Lipinski definition) is 18. The molecule has 1 aromatic carbocycles. The molecule has 4 aliphatic heterocycles. The highest BCUT2D eigenvalue weighted by Gasteiger charge is 2.77. The zero-order valence-corrected chi connectivity index (χ0v) is 29.2. The molecule has 16 atom stereocenters. The molecule has 5 N–H and O–H groups in total. The SMILES string of the molecule is COc1ccc(C=CC(=O)O[C@@H]2[C@@H](OC(C)=O)[C@@H](OC(C)=O)[C@H](O[C@H]3[C@@H]4C=CO[C@@H](O[C@@H]5O[C@H](CO)[C@@H](O)[C@H](O)[C@H]5O)[C@@H]4[C@@]4(CO)O[C@@H]34)O[C@H]2C)cc1. The van der Waals surface area contributed by atoms with Gasteiger partial charge >= 0.3 is 17.9 Å². The van der Waals surface area contributed by atoms with Crippen molar-refractivity contribution in [2.75, 3.05) is 20.3 Å². The summed E-state index contributed by atoms with van der Waals surface area (Å²) < 4.78 is 57.8. The Morgan fingerprint density at radius 2 is 1.53 bits per heavy atom. The molecule has 1 aliphatic carbocycles. The van der Waals surface area contributed by atoms with Crippen molar-refractivity contribution in [1.82, 2.24) is 0 Å². The van der Waals surface area contributed by atoms with Crippen LogP contribution in [0.1, 0.15) is 26.3 Å². The molecule has 0 bridgehead atoms. The van der Waals surface area contributed by atoms with Crippen molar-refractivity contribution >= 4 is 24.0 Å². The Labute approximate surface area is 303 Å². The van der Waals surface area contributed by atoms with Gasteiger partial charge in [-0.3, -0.25) is 9.59 Å². The standard InChI is InChI=1S/C35H44O18/c1-15-27(50-22(40)10-7-18-5-8-19(44-4)9-6-18)29(47-16(2)38)30(48-17(3)39)34(46-15)51-28-20-11-12-45-32(23(20)35(14-37)31(28)53-35)52-33-26(43)25(42)24(41)21(13-36)49-33/h5-12,15,20-21,23-34,36-37,41-43H,13-14H2,1-4H3/t15-,20+,21+,23+,24+,25-,26+,27-,28-,29+,30+,31-,32-,33-,34-,35+/m0/s1. The minimum Gasteiger partial charge on any atom is -0.497 e. The number of aliphatic hydroxyl groups is 5. The van der Waals surface area contributed by atoms with Crippen LogP contribution in [0, 0.1) is 11.8 Å². The molecule has 3 saturated heterocycles. The zero-order chi connectivity index (χ0) is 38.2. The second kappa shape index (κ2) is 16.0. The van der Waals surface area contributed by atoms with E-state index in [1.807, 2.05) is 0 Å². The Kier molecular flexibility index (Phi) is 11.7. The third-order valence-corrected chi connectivity index (χ3v) is 10.0. The highest BCUT2D eigenvalue weighted by atomic mass is 16.8. The molecule has 18 nitrogen and oxygen atoms in total. The molecule has 18 heteroatoms. The smallest absolute Gasteiger partial charge is 0.331 e. The van der Waals surface area contributed by atoms with Crippen molar-refractivity contribution in [3.8, 4) is 5.75 Å². The third kappa shape index (κ3) is 7.79. The maximum atomic E-state index is 13.0. The van der Waals surface area contributed by atoms with Gasteiger partial charge in [-0.1, -0.05) is 12.1 Å². The van der Waals surface area contributed by atoms with E-state index < -0.39 is 128 Å². The average molecular weight is 753 g/mol. The van der Waals surface area contributed by atoms with Gasteiger partial charge in [-0.05, 0) is 36.8 Å². The maximum absolute atomic E-state index is 13.0. The van der Waals surface area contributed by atoms with Crippen LogP contribution in [0.3, 0.4) is 0 Å². The highest BCUT2D eigenvalue weighted by Crippen LogP contribution is 2.61. The maximum Gasteiger partial charge on any atom is 0.331 e. The molecule has 0 radical (unpaired) electrons. The first-order valence-electron chi connectivity index (χ1n) is 17.1. The highest BCUT2D eigenvalue weighted by molar-refractivity contribution is 5.87. The Morgan fingerprint density at radius 1 is 0.830 bits per heavy atom. The fraction of sp³-hybridized carbons (Fsp3) is 0.629. The fourth-order valence-corrected chi connectivity index (χ4v) is 7.41. The van der Waals surface area contributed by atoms with E-state index in [-0.39, 0.29) is 0 Å². The minimum absolute atomic E-state index is 0.516. The molecule has 0 spiro atoms. The summed E-state index contributed by atoms with van der Waals surface area (Å²) in [4.78, 5) is 37.8. The summed E-state index contributed by atoms with van der Waals surface area (Å²) in [5.41, 5.74) is -0.600. The van der Waals surface area contributed by atoms with Crippen LogP contribution in [-0.2, 0) is 57.0 Å². The molecule has 4 fully saturated rings. The summed E-state index contributed by atoms with van der Waals surface area (Å²) >= 11 is 0. The number of hydrogen-bond donors (Lipinski definition) is 5. The second-order valence-electron chi connectivity index (χ2n) is 13.4. The van der Waals surface area contributed by atoms with Crippen molar-refractivity contribution in [3.05, 3.63) is 48.2 Å². The van der Waals surface area contributed by atoms with Gasteiger partial charge in [0, 0.05) is 25.8 Å². The number of rotatable bonds is 12. The van der Waals surface area contributed by atoms with Crippen molar-refractivity contribution in [2.45, 2.75) is 106 Å². The number of fused-ring (bicyclic) bond motifs is 3. The number of aliphatic hydroxyl groups excluding tert-OH is 5. The molecule has 4 heterocycles. The Balaban J connectivity index is 1.21. The molecule has 0 aromatic heterocycles. The van der Waals surface area contributed by atoms with E-state index in [0.29, 0.717) is 11.3 Å². The van der Waals surface area contributed by atoms with Crippen molar-refractivity contribution in [2.24, 2.45) is 11.8 Å². The first-order valence-corrected chi connectivity index (χ1v) is 17.1. The predicted molar refractivity (Wildman–Crippen MR) is 173 cm³/mol. The van der Waals surface area contributed by atoms with E-state index in [1.165, 1.54) is 25.5 Å². The molecule has 53 heavy (non-hydrogen) atoms. The van der Waals surface area contributed by atoms with Crippen LogP contribution in [0.4, 0.5) is 0 Å². The van der Waals surface area contributed by atoms with Gasteiger partial charge in [-0.25, -0.2) is 4.79 Å². The fourth-order valence-electron chi connectivity index (χ4n) is 7.41. The Morgan fingerprint density at radius 3 is 2.17 bits per heavy atom. The van der Waals surface area contributed by atoms with E-state index >= 15 is 0 Å². The molecular weight excluding hydrogens is 708 g/mol. The van der Waals surface area contributed by atoms with Crippen LogP contribution in [0.15, 0.2) is 42.7 Å². The number of esters is 3. The van der Waals surface area contributed by atoms with Gasteiger partial charge in [0.15, 0.2) is 30.9 Å². The van der Waals surface area contributed by atoms with Crippen molar-refractivity contribution in [1.29, 1.82) is 0 Å². The lowest BCUT2D eigenvalue weighted by Crippen LogP contribution is -2.62. The first-order chi connectivity index (χ1) is 25.3. The van der Waals surface area contributed by atoms with Crippen LogP contribution < -0.4 is 4.74 Å². The Hall–Kier alpha value is -3.69. The molecule has 5 aliphatic rings. The number of ether oxygens (including phenoxy) is 10. The van der Waals surface area contributed by atoms with Crippen LogP contribution >= 0.6 is 0 Å². The van der Waals surface area contributed by atoms with Gasteiger partial charge in [-0.2, -0.15) is 0 Å². The third-order valence-electron chi connectivity index (χ3n) is 10.0. The lowest BCUT2D eigenvalue weighted by Gasteiger charge is -2.45. The van der Waals surface area contributed by atoms with Crippen molar-refractivity contribution in [3.63, 3.8) is 0 Å². The summed E-state index contributed by atoms with van der Waals surface area (Å²) in [6.45, 7) is 2.64. The van der Waals surface area contributed by atoms with Gasteiger partial charge in [0.1, 0.15) is 41.9 Å². The van der Waals surface area contributed by atoms with Crippen LogP contribution in [0.2, 0.25) is 0 Å².